The minimum atomic E-state index is -0.0868. The van der Waals surface area contributed by atoms with Gasteiger partial charge in [0.15, 0.2) is 5.82 Å². The standard InChI is InChI=1S/C22H18ClN7OS/c23-15-3-1-14(2-4-15)10-29-13-30-20(26-12-27-30)19-16-5-8-28(11-18(16)32-22(19)29)21(31)17-9-24-6-7-25-17/h1-4,6-7,9,12H,5,8,10-11,13H2. The van der Waals surface area contributed by atoms with E-state index in [0.29, 0.717) is 25.5 Å². The minimum absolute atomic E-state index is 0.0868. The van der Waals surface area contributed by atoms with E-state index in [0.717, 1.165) is 29.4 Å². The van der Waals surface area contributed by atoms with E-state index in [9.17, 15) is 4.79 Å². The number of carbonyl (C=O) groups is 1. The number of hydrogen-bond acceptors (Lipinski definition) is 7. The molecule has 1 aromatic carbocycles. The maximum absolute atomic E-state index is 12.9. The topological polar surface area (TPSA) is 80.0 Å². The highest BCUT2D eigenvalue weighted by Crippen LogP contribution is 2.47. The van der Waals surface area contributed by atoms with Gasteiger partial charge in [-0.2, -0.15) is 5.10 Å². The second kappa shape index (κ2) is 7.68. The molecule has 1 amide bonds. The third-order valence-corrected chi connectivity index (χ3v) is 7.36. The molecule has 10 heteroatoms. The molecule has 2 aliphatic heterocycles. The Bertz CT molecular complexity index is 1300. The van der Waals surface area contributed by atoms with Crippen molar-refractivity contribution in [3.8, 4) is 11.4 Å². The van der Waals surface area contributed by atoms with Crippen LogP contribution in [-0.2, 0) is 26.2 Å². The predicted octanol–water partition coefficient (Wildman–Crippen LogP) is 3.63. The fourth-order valence-electron chi connectivity index (χ4n) is 4.31. The molecule has 2 aliphatic rings. The molecule has 0 atom stereocenters. The van der Waals surface area contributed by atoms with Gasteiger partial charge in [-0.25, -0.2) is 14.6 Å². The zero-order chi connectivity index (χ0) is 21.7. The van der Waals surface area contributed by atoms with Crippen molar-refractivity contribution in [2.75, 3.05) is 11.4 Å². The summed E-state index contributed by atoms with van der Waals surface area (Å²) in [6.07, 6.45) is 7.03. The van der Waals surface area contributed by atoms with Crippen LogP contribution in [-0.4, -0.2) is 42.1 Å². The van der Waals surface area contributed by atoms with Gasteiger partial charge in [-0.3, -0.25) is 9.78 Å². The maximum Gasteiger partial charge on any atom is 0.274 e. The largest absolute Gasteiger partial charge is 0.339 e. The van der Waals surface area contributed by atoms with Crippen molar-refractivity contribution in [2.24, 2.45) is 0 Å². The zero-order valence-corrected chi connectivity index (χ0v) is 18.6. The van der Waals surface area contributed by atoms with E-state index in [1.807, 2.05) is 33.8 Å². The lowest BCUT2D eigenvalue weighted by Crippen LogP contribution is -2.36. The number of anilines is 1. The van der Waals surface area contributed by atoms with Crippen LogP contribution in [0.5, 0.6) is 0 Å². The smallest absolute Gasteiger partial charge is 0.274 e. The first-order valence-electron chi connectivity index (χ1n) is 10.2. The average molecular weight is 464 g/mol. The summed E-state index contributed by atoms with van der Waals surface area (Å²) in [5, 5.41) is 6.35. The summed E-state index contributed by atoms with van der Waals surface area (Å²) in [5.74, 6) is 0.815. The molecule has 32 heavy (non-hydrogen) atoms. The first-order chi connectivity index (χ1) is 15.7. The lowest BCUT2D eigenvalue weighted by molar-refractivity contribution is 0.0730. The molecule has 5 heterocycles. The molecule has 6 rings (SSSR count). The first-order valence-corrected chi connectivity index (χ1v) is 11.4. The molecule has 0 N–H and O–H groups in total. The second-order valence-corrected chi connectivity index (χ2v) is 9.32. The van der Waals surface area contributed by atoms with E-state index in [1.165, 1.54) is 27.2 Å². The van der Waals surface area contributed by atoms with Crippen LogP contribution >= 0.6 is 22.9 Å². The summed E-state index contributed by atoms with van der Waals surface area (Å²) >= 11 is 7.81. The minimum Gasteiger partial charge on any atom is -0.339 e. The Morgan fingerprint density at radius 3 is 2.84 bits per heavy atom. The van der Waals surface area contributed by atoms with Crippen molar-refractivity contribution < 1.29 is 4.79 Å². The molecule has 0 radical (unpaired) electrons. The number of nitrogens with zero attached hydrogens (tertiary/aromatic N) is 7. The van der Waals surface area contributed by atoms with Gasteiger partial charge in [0, 0.05) is 35.4 Å². The molecule has 0 saturated heterocycles. The summed E-state index contributed by atoms with van der Waals surface area (Å²) in [7, 11) is 0. The lowest BCUT2D eigenvalue weighted by atomic mass is 10.0. The van der Waals surface area contributed by atoms with Crippen LogP contribution in [0.1, 0.15) is 26.5 Å². The first kappa shape index (κ1) is 19.4. The monoisotopic (exact) mass is 463 g/mol. The Morgan fingerprint density at radius 2 is 2.03 bits per heavy atom. The quantitative estimate of drug-likeness (QED) is 0.461. The number of fused-ring (bicyclic) bond motifs is 5. The molecule has 160 valence electrons. The SMILES string of the molecule is O=C(c1cnccn1)N1CCc2c(sc3c2-c2ncnn2CN3Cc2ccc(Cl)cc2)C1. The van der Waals surface area contributed by atoms with Gasteiger partial charge in [0.2, 0.25) is 0 Å². The number of aromatic nitrogens is 5. The predicted molar refractivity (Wildman–Crippen MR) is 121 cm³/mol. The van der Waals surface area contributed by atoms with Crippen molar-refractivity contribution in [3.05, 3.63) is 75.9 Å². The highest BCUT2D eigenvalue weighted by molar-refractivity contribution is 7.17. The Hall–Kier alpha value is -3.30. The molecule has 0 saturated carbocycles. The summed E-state index contributed by atoms with van der Waals surface area (Å²) in [4.78, 5) is 31.0. The number of carbonyl (C=O) groups excluding carboxylic acids is 1. The van der Waals surface area contributed by atoms with Gasteiger partial charge in [0.05, 0.1) is 18.3 Å². The number of benzene rings is 1. The highest BCUT2D eigenvalue weighted by Gasteiger charge is 2.34. The van der Waals surface area contributed by atoms with Crippen LogP contribution in [0.4, 0.5) is 5.00 Å². The van der Waals surface area contributed by atoms with Crippen molar-refractivity contribution in [1.29, 1.82) is 0 Å². The second-order valence-electron chi connectivity index (χ2n) is 7.80. The zero-order valence-electron chi connectivity index (χ0n) is 17.0. The molecule has 4 aromatic rings. The number of halogens is 1. The lowest BCUT2D eigenvalue weighted by Gasteiger charge is -2.30. The van der Waals surface area contributed by atoms with Crippen molar-refractivity contribution in [1.82, 2.24) is 29.6 Å². The Kier molecular flexibility index (Phi) is 4.65. The van der Waals surface area contributed by atoms with Gasteiger partial charge in [-0.15, -0.1) is 11.3 Å². The van der Waals surface area contributed by atoms with E-state index in [2.05, 4.69) is 25.0 Å². The summed E-state index contributed by atoms with van der Waals surface area (Å²) in [6, 6.07) is 7.93. The molecule has 3 aromatic heterocycles. The Morgan fingerprint density at radius 1 is 1.16 bits per heavy atom. The average Bonchev–Trinajstić information content (AvgIpc) is 3.44. The number of amides is 1. The van der Waals surface area contributed by atoms with E-state index >= 15 is 0 Å². The van der Waals surface area contributed by atoms with E-state index in [-0.39, 0.29) is 5.91 Å². The van der Waals surface area contributed by atoms with E-state index in [1.54, 1.807) is 30.1 Å². The normalized spacial score (nSPS) is 14.7. The van der Waals surface area contributed by atoms with Gasteiger partial charge < -0.3 is 9.80 Å². The van der Waals surface area contributed by atoms with Gasteiger partial charge in [0.1, 0.15) is 23.7 Å². The van der Waals surface area contributed by atoms with Crippen LogP contribution in [0.2, 0.25) is 5.02 Å². The fraction of sp³-hybridized carbons (Fsp3) is 0.227. The van der Waals surface area contributed by atoms with Crippen LogP contribution in [0.15, 0.2) is 49.2 Å². The number of thiophene rings is 1. The van der Waals surface area contributed by atoms with Gasteiger partial charge in [0.25, 0.3) is 5.91 Å². The molecular formula is C22H18ClN7OS. The molecule has 0 fully saturated rings. The van der Waals surface area contributed by atoms with Crippen molar-refractivity contribution in [2.45, 2.75) is 26.2 Å². The van der Waals surface area contributed by atoms with Gasteiger partial charge in [-0.05, 0) is 29.7 Å². The summed E-state index contributed by atoms with van der Waals surface area (Å²) < 4.78 is 1.95. The highest BCUT2D eigenvalue weighted by atomic mass is 35.5. The van der Waals surface area contributed by atoms with Crippen LogP contribution in [0, 0.1) is 0 Å². The van der Waals surface area contributed by atoms with Crippen LogP contribution in [0.25, 0.3) is 11.4 Å². The molecular weight excluding hydrogens is 446 g/mol. The fourth-order valence-corrected chi connectivity index (χ4v) is 5.78. The Balaban J connectivity index is 1.35. The molecule has 0 unspecified atom stereocenters. The molecule has 0 aliphatic carbocycles. The molecule has 0 bridgehead atoms. The van der Waals surface area contributed by atoms with Crippen molar-refractivity contribution in [3.63, 3.8) is 0 Å². The van der Waals surface area contributed by atoms with Crippen molar-refractivity contribution >= 4 is 33.8 Å². The third kappa shape index (κ3) is 3.25. The molecule has 8 nitrogen and oxygen atoms in total. The van der Waals surface area contributed by atoms with Gasteiger partial charge >= 0.3 is 0 Å². The summed E-state index contributed by atoms with van der Waals surface area (Å²) in [6.45, 7) is 2.57. The van der Waals surface area contributed by atoms with E-state index in [4.69, 9.17) is 11.6 Å². The van der Waals surface area contributed by atoms with E-state index < -0.39 is 0 Å². The van der Waals surface area contributed by atoms with Crippen LogP contribution < -0.4 is 4.90 Å². The Labute approximate surface area is 193 Å². The van der Waals surface area contributed by atoms with Gasteiger partial charge in [-0.1, -0.05) is 23.7 Å². The summed E-state index contributed by atoms with van der Waals surface area (Å²) in [5.41, 5.74) is 3.97. The number of rotatable bonds is 3. The molecule has 0 spiro atoms. The maximum atomic E-state index is 12.9. The third-order valence-electron chi connectivity index (χ3n) is 5.83. The van der Waals surface area contributed by atoms with Crippen LogP contribution in [0.3, 0.4) is 0 Å². The number of hydrogen-bond donors (Lipinski definition) is 0.